The number of benzene rings is 2. The molecular formula is C15H11Cl2N3O. The van der Waals surface area contributed by atoms with Crippen molar-refractivity contribution in [1.29, 1.82) is 0 Å². The Bertz CT molecular complexity index is 738. The van der Waals surface area contributed by atoms with Crippen molar-refractivity contribution >= 4 is 23.2 Å². The SMILES string of the molecule is NC(c1ccccc1)c1nnc(-c2c(Cl)cccc2Cl)o1. The third kappa shape index (κ3) is 2.78. The largest absolute Gasteiger partial charge is 0.418 e. The van der Waals surface area contributed by atoms with E-state index in [-0.39, 0.29) is 5.89 Å². The highest BCUT2D eigenvalue weighted by atomic mass is 35.5. The maximum Gasteiger partial charge on any atom is 0.250 e. The molecule has 1 atom stereocenters. The van der Waals surface area contributed by atoms with E-state index in [0.29, 0.717) is 21.5 Å². The van der Waals surface area contributed by atoms with Crippen LogP contribution in [-0.2, 0) is 0 Å². The van der Waals surface area contributed by atoms with E-state index in [1.54, 1.807) is 18.2 Å². The van der Waals surface area contributed by atoms with Crippen LogP contribution in [0.4, 0.5) is 0 Å². The predicted octanol–water partition coefficient (Wildman–Crippen LogP) is 4.09. The van der Waals surface area contributed by atoms with Crippen molar-refractivity contribution in [2.75, 3.05) is 0 Å². The maximum absolute atomic E-state index is 6.13. The highest BCUT2D eigenvalue weighted by Crippen LogP contribution is 2.34. The number of aromatic nitrogens is 2. The van der Waals surface area contributed by atoms with Crippen molar-refractivity contribution in [1.82, 2.24) is 10.2 Å². The first kappa shape index (κ1) is 14.1. The van der Waals surface area contributed by atoms with Crippen LogP contribution in [0.25, 0.3) is 11.5 Å². The van der Waals surface area contributed by atoms with Gasteiger partial charge in [0.15, 0.2) is 0 Å². The molecule has 0 radical (unpaired) electrons. The summed E-state index contributed by atoms with van der Waals surface area (Å²) >= 11 is 12.3. The Kier molecular flexibility index (Phi) is 3.92. The van der Waals surface area contributed by atoms with E-state index in [9.17, 15) is 0 Å². The Morgan fingerprint density at radius 2 is 1.57 bits per heavy atom. The van der Waals surface area contributed by atoms with Gasteiger partial charge in [0, 0.05) is 0 Å². The summed E-state index contributed by atoms with van der Waals surface area (Å²) in [6.07, 6.45) is 0. The number of nitrogens with zero attached hydrogens (tertiary/aromatic N) is 2. The summed E-state index contributed by atoms with van der Waals surface area (Å²) in [5.74, 6) is 0.569. The monoisotopic (exact) mass is 319 g/mol. The molecule has 106 valence electrons. The van der Waals surface area contributed by atoms with E-state index in [4.69, 9.17) is 33.4 Å². The van der Waals surface area contributed by atoms with Gasteiger partial charge in [0.2, 0.25) is 5.89 Å². The Labute approximate surface area is 131 Å². The Morgan fingerprint density at radius 3 is 2.24 bits per heavy atom. The highest BCUT2D eigenvalue weighted by Gasteiger charge is 2.19. The van der Waals surface area contributed by atoms with Crippen molar-refractivity contribution in [3.63, 3.8) is 0 Å². The molecule has 0 bridgehead atoms. The van der Waals surface area contributed by atoms with Crippen molar-refractivity contribution in [2.24, 2.45) is 5.73 Å². The molecule has 3 aromatic rings. The predicted molar refractivity (Wildman–Crippen MR) is 82.2 cm³/mol. The molecule has 0 fully saturated rings. The lowest BCUT2D eigenvalue weighted by molar-refractivity contribution is 0.484. The van der Waals surface area contributed by atoms with Crippen molar-refractivity contribution in [3.8, 4) is 11.5 Å². The summed E-state index contributed by atoms with van der Waals surface area (Å²) < 4.78 is 5.63. The molecule has 1 heterocycles. The normalized spacial score (nSPS) is 12.3. The van der Waals surface area contributed by atoms with Gasteiger partial charge in [-0.3, -0.25) is 0 Å². The van der Waals surface area contributed by atoms with Crippen LogP contribution in [0.3, 0.4) is 0 Å². The molecule has 4 nitrogen and oxygen atoms in total. The van der Waals surface area contributed by atoms with Crippen LogP contribution in [0.2, 0.25) is 10.0 Å². The Morgan fingerprint density at radius 1 is 0.905 bits per heavy atom. The van der Waals surface area contributed by atoms with Crippen molar-refractivity contribution in [2.45, 2.75) is 6.04 Å². The van der Waals surface area contributed by atoms with E-state index in [1.165, 1.54) is 0 Å². The fourth-order valence-corrected chi connectivity index (χ4v) is 2.53. The number of hydrogen-bond donors (Lipinski definition) is 1. The average Bonchev–Trinajstić information content (AvgIpc) is 2.97. The number of hydrogen-bond acceptors (Lipinski definition) is 4. The van der Waals surface area contributed by atoms with E-state index in [0.717, 1.165) is 5.56 Å². The van der Waals surface area contributed by atoms with Gasteiger partial charge in [0.1, 0.15) is 6.04 Å². The smallest absolute Gasteiger partial charge is 0.250 e. The third-order valence-electron chi connectivity index (χ3n) is 3.04. The zero-order valence-corrected chi connectivity index (χ0v) is 12.3. The van der Waals surface area contributed by atoms with Gasteiger partial charge in [-0.05, 0) is 17.7 Å². The molecule has 21 heavy (non-hydrogen) atoms. The van der Waals surface area contributed by atoms with Crippen LogP contribution in [0.15, 0.2) is 52.9 Å². The molecule has 0 amide bonds. The zero-order chi connectivity index (χ0) is 14.8. The average molecular weight is 320 g/mol. The molecule has 0 aliphatic heterocycles. The lowest BCUT2D eigenvalue weighted by Crippen LogP contribution is -2.11. The van der Waals surface area contributed by atoms with E-state index < -0.39 is 6.04 Å². The number of halogens is 2. The van der Waals surface area contributed by atoms with E-state index in [2.05, 4.69) is 10.2 Å². The molecule has 0 saturated carbocycles. The van der Waals surface area contributed by atoms with Gasteiger partial charge >= 0.3 is 0 Å². The molecule has 0 saturated heterocycles. The molecule has 3 rings (SSSR count). The van der Waals surface area contributed by atoms with Crippen LogP contribution < -0.4 is 5.73 Å². The van der Waals surface area contributed by atoms with Gasteiger partial charge in [-0.15, -0.1) is 10.2 Å². The van der Waals surface area contributed by atoms with Crippen molar-refractivity contribution < 1.29 is 4.42 Å². The van der Waals surface area contributed by atoms with Crippen LogP contribution in [0.1, 0.15) is 17.5 Å². The minimum absolute atomic E-state index is 0.256. The lowest BCUT2D eigenvalue weighted by atomic mass is 10.1. The first-order chi connectivity index (χ1) is 10.2. The van der Waals surface area contributed by atoms with Gasteiger partial charge in [0.05, 0.1) is 15.6 Å². The van der Waals surface area contributed by atoms with E-state index >= 15 is 0 Å². The summed E-state index contributed by atoms with van der Waals surface area (Å²) in [6.45, 7) is 0. The van der Waals surface area contributed by atoms with Crippen LogP contribution in [-0.4, -0.2) is 10.2 Å². The van der Waals surface area contributed by atoms with Gasteiger partial charge < -0.3 is 10.2 Å². The summed E-state index contributed by atoms with van der Waals surface area (Å²) in [6, 6.07) is 14.2. The molecular weight excluding hydrogens is 309 g/mol. The summed E-state index contributed by atoms with van der Waals surface area (Å²) in [7, 11) is 0. The fraction of sp³-hybridized carbons (Fsp3) is 0.0667. The molecule has 0 spiro atoms. The van der Waals surface area contributed by atoms with Gasteiger partial charge in [-0.2, -0.15) is 0 Å². The number of rotatable bonds is 3. The molecule has 1 unspecified atom stereocenters. The lowest BCUT2D eigenvalue weighted by Gasteiger charge is -2.06. The van der Waals surface area contributed by atoms with Gasteiger partial charge in [-0.1, -0.05) is 59.6 Å². The third-order valence-corrected chi connectivity index (χ3v) is 3.67. The first-order valence-corrected chi connectivity index (χ1v) is 7.00. The van der Waals surface area contributed by atoms with Crippen LogP contribution in [0, 0.1) is 0 Å². The highest BCUT2D eigenvalue weighted by molar-refractivity contribution is 6.38. The molecule has 6 heteroatoms. The summed E-state index contributed by atoms with van der Waals surface area (Å²) in [5.41, 5.74) is 7.52. The second-order valence-electron chi connectivity index (χ2n) is 4.43. The van der Waals surface area contributed by atoms with Gasteiger partial charge in [0.25, 0.3) is 5.89 Å². The second-order valence-corrected chi connectivity index (χ2v) is 5.24. The maximum atomic E-state index is 6.13. The summed E-state index contributed by atoms with van der Waals surface area (Å²) in [4.78, 5) is 0. The standard InChI is InChI=1S/C15H11Cl2N3O/c16-10-7-4-8-11(17)12(10)14-19-20-15(21-14)13(18)9-5-2-1-3-6-9/h1-8,13H,18H2. The fourth-order valence-electron chi connectivity index (χ4n) is 1.97. The molecule has 0 aliphatic carbocycles. The van der Waals surface area contributed by atoms with E-state index in [1.807, 2.05) is 30.3 Å². The van der Waals surface area contributed by atoms with Crippen LogP contribution >= 0.6 is 23.2 Å². The Hall–Kier alpha value is -1.88. The molecule has 2 N–H and O–H groups in total. The van der Waals surface area contributed by atoms with Crippen LogP contribution in [0.5, 0.6) is 0 Å². The minimum atomic E-state index is -0.492. The molecule has 0 aliphatic rings. The quantitative estimate of drug-likeness (QED) is 0.789. The number of nitrogens with two attached hydrogens (primary N) is 1. The minimum Gasteiger partial charge on any atom is -0.418 e. The molecule has 2 aromatic carbocycles. The second kappa shape index (κ2) is 5.85. The Balaban J connectivity index is 1.97. The molecule has 1 aromatic heterocycles. The van der Waals surface area contributed by atoms with Crippen molar-refractivity contribution in [3.05, 3.63) is 70.0 Å². The topological polar surface area (TPSA) is 64.9 Å². The van der Waals surface area contributed by atoms with Gasteiger partial charge in [-0.25, -0.2) is 0 Å². The first-order valence-electron chi connectivity index (χ1n) is 6.25. The zero-order valence-electron chi connectivity index (χ0n) is 10.8. The summed E-state index contributed by atoms with van der Waals surface area (Å²) in [5, 5.41) is 8.88.